The number of nitrogens with one attached hydrogen (secondary N) is 1. The van der Waals surface area contributed by atoms with E-state index in [0.717, 1.165) is 24.2 Å². The van der Waals surface area contributed by atoms with Crippen molar-refractivity contribution in [2.24, 2.45) is 11.7 Å². The highest BCUT2D eigenvalue weighted by Gasteiger charge is 2.25. The summed E-state index contributed by atoms with van der Waals surface area (Å²) in [5.41, 5.74) is 7.47. The number of hydrogen-bond acceptors (Lipinski definition) is 8. The van der Waals surface area contributed by atoms with E-state index in [2.05, 4.69) is 11.4 Å². The molecule has 1 fully saturated rings. The van der Waals surface area contributed by atoms with Gasteiger partial charge in [0.15, 0.2) is 0 Å². The Morgan fingerprint density at radius 1 is 1.39 bits per heavy atom. The first-order chi connectivity index (χ1) is 17.3. The number of rotatable bonds is 8. The normalized spacial score (nSPS) is 16.5. The molecule has 11 heteroatoms. The zero-order valence-electron chi connectivity index (χ0n) is 19.9. The number of carbonyl (C=O) groups excluding carboxylic acids is 1. The number of aliphatic carboxylic acids is 1. The lowest BCUT2D eigenvalue weighted by Gasteiger charge is -2.33. The monoisotopic (exact) mass is 508 g/mol. The van der Waals surface area contributed by atoms with Crippen molar-refractivity contribution in [2.75, 3.05) is 24.5 Å². The number of carbonyl (C=O) groups is 2. The van der Waals surface area contributed by atoms with Crippen molar-refractivity contribution in [3.63, 3.8) is 0 Å². The van der Waals surface area contributed by atoms with Crippen LogP contribution in [0.4, 0.5) is 5.95 Å². The van der Waals surface area contributed by atoms with Gasteiger partial charge in [-0.15, -0.1) is 11.3 Å². The molecule has 2 atom stereocenters. The van der Waals surface area contributed by atoms with E-state index >= 15 is 0 Å². The summed E-state index contributed by atoms with van der Waals surface area (Å²) in [6.07, 6.45) is 2.14. The molecule has 1 aromatic carbocycles. The predicted octanol–water partition coefficient (Wildman–Crippen LogP) is 2.15. The maximum atomic E-state index is 13.7. The van der Waals surface area contributed by atoms with Gasteiger partial charge >= 0.3 is 5.97 Å². The van der Waals surface area contributed by atoms with Gasteiger partial charge in [0.05, 0.1) is 34.5 Å². The van der Waals surface area contributed by atoms with E-state index in [9.17, 15) is 24.8 Å². The van der Waals surface area contributed by atoms with Gasteiger partial charge in [0.2, 0.25) is 5.95 Å². The van der Waals surface area contributed by atoms with E-state index < -0.39 is 17.8 Å². The summed E-state index contributed by atoms with van der Waals surface area (Å²) in [5, 5.41) is 21.4. The Hall–Kier alpha value is -3.75. The van der Waals surface area contributed by atoms with Crippen LogP contribution >= 0.6 is 11.3 Å². The van der Waals surface area contributed by atoms with E-state index in [4.69, 9.17) is 10.7 Å². The van der Waals surface area contributed by atoms with Gasteiger partial charge in [-0.1, -0.05) is 25.1 Å². The number of fused-ring (bicyclic) bond motifs is 1. The van der Waals surface area contributed by atoms with Crippen LogP contribution < -0.4 is 21.5 Å². The van der Waals surface area contributed by atoms with Gasteiger partial charge in [0, 0.05) is 25.7 Å². The number of aromatic nitrogens is 2. The SMILES string of the molecule is CC[C@H](CNC(=O)c1cc2nc(N3CCCC(N)C3)n(Cc3ccccc3C#N)c(=O)c2s1)C(=O)O. The maximum Gasteiger partial charge on any atom is 0.308 e. The number of carboxylic acids is 1. The van der Waals surface area contributed by atoms with Crippen LogP contribution in [0.25, 0.3) is 10.2 Å². The molecule has 4 N–H and O–H groups in total. The molecule has 0 saturated carbocycles. The van der Waals surface area contributed by atoms with Crippen molar-refractivity contribution < 1.29 is 14.7 Å². The van der Waals surface area contributed by atoms with E-state index in [1.807, 2.05) is 11.0 Å². The van der Waals surface area contributed by atoms with Gasteiger partial charge < -0.3 is 21.1 Å². The Labute approximate surface area is 212 Å². The second-order valence-corrected chi connectivity index (χ2v) is 9.95. The lowest BCUT2D eigenvalue weighted by molar-refractivity contribution is -0.141. The van der Waals surface area contributed by atoms with Crippen molar-refractivity contribution in [1.82, 2.24) is 14.9 Å². The Kier molecular flexibility index (Phi) is 7.67. The highest BCUT2D eigenvalue weighted by atomic mass is 32.1. The third-order valence-electron chi connectivity index (χ3n) is 6.40. The van der Waals surface area contributed by atoms with Crippen molar-refractivity contribution in [3.8, 4) is 6.07 Å². The highest BCUT2D eigenvalue weighted by Crippen LogP contribution is 2.26. The molecule has 4 rings (SSSR count). The van der Waals surface area contributed by atoms with Crippen molar-refractivity contribution in [3.05, 3.63) is 56.7 Å². The Bertz CT molecular complexity index is 1390. The molecule has 0 bridgehead atoms. The average Bonchev–Trinajstić information content (AvgIpc) is 3.31. The number of amides is 1. The number of nitrogens with zero attached hydrogens (tertiary/aromatic N) is 4. The minimum atomic E-state index is -0.972. The van der Waals surface area contributed by atoms with Gasteiger partial charge in [0.25, 0.3) is 11.5 Å². The molecule has 0 spiro atoms. The summed E-state index contributed by atoms with van der Waals surface area (Å²) < 4.78 is 1.87. The summed E-state index contributed by atoms with van der Waals surface area (Å²) in [7, 11) is 0. The van der Waals surface area contributed by atoms with Gasteiger partial charge in [-0.3, -0.25) is 19.0 Å². The van der Waals surface area contributed by atoms with Crippen molar-refractivity contribution >= 4 is 39.4 Å². The van der Waals surface area contributed by atoms with Crippen LogP contribution in [0.2, 0.25) is 0 Å². The number of hydrogen-bond donors (Lipinski definition) is 3. The molecule has 0 aliphatic carbocycles. The van der Waals surface area contributed by atoms with Gasteiger partial charge in [-0.25, -0.2) is 4.98 Å². The highest BCUT2D eigenvalue weighted by molar-refractivity contribution is 7.20. The maximum absolute atomic E-state index is 13.7. The van der Waals surface area contributed by atoms with Crippen molar-refractivity contribution in [1.29, 1.82) is 5.26 Å². The van der Waals surface area contributed by atoms with Gasteiger partial charge in [-0.2, -0.15) is 5.26 Å². The molecule has 2 aromatic heterocycles. The first-order valence-corrected chi connectivity index (χ1v) is 12.7. The lowest BCUT2D eigenvalue weighted by Crippen LogP contribution is -2.45. The molecule has 10 nitrogen and oxygen atoms in total. The smallest absolute Gasteiger partial charge is 0.308 e. The molecule has 3 heterocycles. The van der Waals surface area contributed by atoms with Crippen molar-refractivity contribution in [2.45, 2.75) is 38.8 Å². The topological polar surface area (TPSA) is 154 Å². The summed E-state index contributed by atoms with van der Waals surface area (Å²) in [5.74, 6) is -1.65. The van der Waals surface area contributed by atoms with Crippen LogP contribution in [0, 0.1) is 17.2 Å². The number of anilines is 1. The minimum absolute atomic E-state index is 0.00155. The van der Waals surface area contributed by atoms with Gasteiger partial charge in [-0.05, 0) is 37.0 Å². The van der Waals surface area contributed by atoms with E-state index in [1.54, 1.807) is 35.8 Å². The Morgan fingerprint density at radius 2 is 2.17 bits per heavy atom. The minimum Gasteiger partial charge on any atom is -0.481 e. The Balaban J connectivity index is 1.75. The summed E-state index contributed by atoms with van der Waals surface area (Å²) in [6.45, 7) is 3.13. The molecule has 1 saturated heterocycles. The fraction of sp³-hybridized carbons (Fsp3) is 0.400. The quantitative estimate of drug-likeness (QED) is 0.418. The van der Waals surface area contributed by atoms with Crippen LogP contribution in [0.1, 0.15) is 47.0 Å². The van der Waals surface area contributed by atoms with Crippen LogP contribution in [0.5, 0.6) is 0 Å². The van der Waals surface area contributed by atoms with E-state index in [-0.39, 0.29) is 29.6 Å². The van der Waals surface area contributed by atoms with Gasteiger partial charge in [0.1, 0.15) is 4.70 Å². The molecule has 3 aromatic rings. The molecule has 1 amide bonds. The average molecular weight is 509 g/mol. The summed E-state index contributed by atoms with van der Waals surface area (Å²) in [6, 6.07) is 10.8. The number of nitrogens with two attached hydrogens (primary N) is 1. The van der Waals surface area contributed by atoms with Crippen LogP contribution in [0.15, 0.2) is 35.1 Å². The molecule has 0 radical (unpaired) electrons. The molecule has 1 unspecified atom stereocenters. The number of benzene rings is 1. The molecular weight excluding hydrogens is 480 g/mol. The second kappa shape index (κ2) is 10.9. The fourth-order valence-corrected chi connectivity index (χ4v) is 5.30. The first-order valence-electron chi connectivity index (χ1n) is 11.9. The third-order valence-corrected chi connectivity index (χ3v) is 7.51. The zero-order chi connectivity index (χ0) is 25.8. The zero-order valence-corrected chi connectivity index (χ0v) is 20.8. The second-order valence-electron chi connectivity index (χ2n) is 8.90. The fourth-order valence-electron chi connectivity index (χ4n) is 4.33. The Morgan fingerprint density at radius 3 is 2.86 bits per heavy atom. The summed E-state index contributed by atoms with van der Waals surface area (Å²) in [4.78, 5) is 44.8. The standard InChI is InChI=1S/C25H28N6O4S/c1-2-15(24(34)35)12-28-22(32)20-10-19-21(36-20)23(33)31(13-17-7-4-3-6-16(17)11-26)25(29-19)30-9-5-8-18(27)14-30/h3-4,6-7,10,15,18H,2,5,8-9,12-14,27H2,1H3,(H,28,32)(H,34,35)/t15-,18?/m1/s1. The summed E-state index contributed by atoms with van der Waals surface area (Å²) >= 11 is 1.03. The molecule has 1 aliphatic rings. The first kappa shape index (κ1) is 25.3. The predicted molar refractivity (Wildman–Crippen MR) is 137 cm³/mol. The number of nitriles is 1. The lowest BCUT2D eigenvalue weighted by atomic mass is 10.1. The molecule has 188 valence electrons. The number of thiophene rings is 1. The third kappa shape index (κ3) is 5.24. The van der Waals surface area contributed by atoms with Crippen LogP contribution in [-0.4, -0.2) is 52.2 Å². The number of carboxylic acid groups (broad SMARTS) is 1. The van der Waals surface area contributed by atoms with E-state index in [0.29, 0.717) is 46.8 Å². The van der Waals surface area contributed by atoms with Crippen LogP contribution in [-0.2, 0) is 11.3 Å². The molecular formula is C25H28N6O4S. The van der Waals surface area contributed by atoms with Crippen LogP contribution in [0.3, 0.4) is 0 Å². The van der Waals surface area contributed by atoms with E-state index in [1.165, 1.54) is 0 Å². The number of piperidine rings is 1. The molecule has 36 heavy (non-hydrogen) atoms. The molecule has 1 aliphatic heterocycles. The largest absolute Gasteiger partial charge is 0.481 e.